The van der Waals surface area contributed by atoms with Gasteiger partial charge < -0.3 is 19.2 Å². The maximum absolute atomic E-state index is 13.3. The summed E-state index contributed by atoms with van der Waals surface area (Å²) in [5.74, 6) is 1.00. The predicted octanol–water partition coefficient (Wildman–Crippen LogP) is 3.13. The average Bonchev–Trinajstić information content (AvgIpc) is 3.23. The highest BCUT2D eigenvalue weighted by Crippen LogP contribution is 2.46. The van der Waals surface area contributed by atoms with Crippen LogP contribution in [0.15, 0.2) is 46.9 Å². The molecule has 2 heterocycles. The molecule has 0 saturated carbocycles. The van der Waals surface area contributed by atoms with Crippen molar-refractivity contribution in [1.82, 2.24) is 10.2 Å². The van der Waals surface area contributed by atoms with Crippen molar-refractivity contribution < 1.29 is 23.5 Å². The van der Waals surface area contributed by atoms with Gasteiger partial charge in [0.05, 0.1) is 18.8 Å². The minimum Gasteiger partial charge on any atom is -0.484 e. The van der Waals surface area contributed by atoms with Gasteiger partial charge in [0.2, 0.25) is 0 Å². The molecule has 1 saturated heterocycles. The van der Waals surface area contributed by atoms with Gasteiger partial charge in [-0.2, -0.15) is 0 Å². The first-order valence-electron chi connectivity index (χ1n) is 11.4. The van der Waals surface area contributed by atoms with Crippen LogP contribution in [0.3, 0.4) is 0 Å². The number of nitrogens with zero attached hydrogens (tertiary/aromatic N) is 1. The van der Waals surface area contributed by atoms with Crippen LogP contribution < -0.4 is 10.1 Å². The van der Waals surface area contributed by atoms with Crippen LogP contribution in [-0.2, 0) is 14.9 Å². The van der Waals surface area contributed by atoms with Crippen LogP contribution in [0.2, 0.25) is 0 Å². The number of carbonyl (C=O) groups is 2. The quantitative estimate of drug-likeness (QED) is 0.624. The van der Waals surface area contributed by atoms with Crippen molar-refractivity contribution in [3.05, 3.63) is 64.9 Å². The number of hydrogen-bond acceptors (Lipinski definition) is 6. The van der Waals surface area contributed by atoms with Crippen LogP contribution in [0, 0.1) is 0 Å². The molecule has 0 bridgehead atoms. The van der Waals surface area contributed by atoms with E-state index in [9.17, 15) is 9.59 Å². The predicted molar refractivity (Wildman–Crippen MR) is 124 cm³/mol. The number of ketones is 1. The monoisotopic (exact) mass is 448 g/mol. The van der Waals surface area contributed by atoms with Crippen molar-refractivity contribution in [3.63, 3.8) is 0 Å². The second-order valence-corrected chi connectivity index (χ2v) is 9.06. The number of ether oxygens (including phenoxy) is 2. The normalized spacial score (nSPS) is 17.5. The Bertz CT molecular complexity index is 1210. The van der Waals surface area contributed by atoms with Gasteiger partial charge in [-0.15, -0.1) is 0 Å². The van der Waals surface area contributed by atoms with E-state index < -0.39 is 5.41 Å². The minimum absolute atomic E-state index is 0.0447. The van der Waals surface area contributed by atoms with Gasteiger partial charge in [0.1, 0.15) is 17.1 Å². The van der Waals surface area contributed by atoms with Crippen LogP contribution in [0.1, 0.15) is 41.1 Å². The number of carbonyl (C=O) groups excluding carboxylic acids is 2. The summed E-state index contributed by atoms with van der Waals surface area (Å²) in [4.78, 5) is 27.8. The maximum Gasteiger partial charge on any atom is 0.257 e. The van der Waals surface area contributed by atoms with Gasteiger partial charge in [0, 0.05) is 42.5 Å². The van der Waals surface area contributed by atoms with Crippen molar-refractivity contribution in [2.45, 2.75) is 19.3 Å². The Morgan fingerprint density at radius 3 is 2.76 bits per heavy atom. The third-order valence-corrected chi connectivity index (χ3v) is 6.52. The Hall–Kier alpha value is -3.16. The Labute approximate surface area is 192 Å². The highest BCUT2D eigenvalue weighted by Gasteiger charge is 2.41. The summed E-state index contributed by atoms with van der Waals surface area (Å²) in [5.41, 5.74) is 2.31. The summed E-state index contributed by atoms with van der Waals surface area (Å²) in [5, 5.41) is 3.74. The first-order valence-corrected chi connectivity index (χ1v) is 11.4. The number of nitrogens with one attached hydrogen (secondary N) is 1. The third-order valence-electron chi connectivity index (χ3n) is 6.52. The molecule has 0 atom stereocenters. The lowest BCUT2D eigenvalue weighted by molar-refractivity contribution is -0.123. The number of benzene rings is 2. The fraction of sp³-hybridized carbons (Fsp3) is 0.385. The van der Waals surface area contributed by atoms with Crippen LogP contribution in [0.4, 0.5) is 0 Å². The lowest BCUT2D eigenvalue weighted by Crippen LogP contribution is -2.42. The maximum atomic E-state index is 13.3. The molecule has 1 amide bonds. The summed E-state index contributed by atoms with van der Waals surface area (Å²) in [6.45, 7) is 8.64. The van der Waals surface area contributed by atoms with Crippen molar-refractivity contribution in [1.29, 1.82) is 0 Å². The Morgan fingerprint density at radius 1 is 1.15 bits per heavy atom. The molecule has 2 aliphatic rings. The zero-order valence-electron chi connectivity index (χ0n) is 19.0. The molecule has 1 N–H and O–H groups in total. The third kappa shape index (κ3) is 4.03. The molecule has 172 valence electrons. The molecule has 7 heteroatoms. The van der Waals surface area contributed by atoms with Gasteiger partial charge in [0.15, 0.2) is 12.4 Å². The minimum atomic E-state index is -0.516. The number of furan rings is 1. The van der Waals surface area contributed by atoms with Gasteiger partial charge >= 0.3 is 0 Å². The largest absolute Gasteiger partial charge is 0.484 e. The molecule has 3 aromatic rings. The van der Waals surface area contributed by atoms with Crippen molar-refractivity contribution >= 4 is 22.7 Å². The van der Waals surface area contributed by atoms with Crippen molar-refractivity contribution in [2.24, 2.45) is 0 Å². The second kappa shape index (κ2) is 8.65. The fourth-order valence-electron chi connectivity index (χ4n) is 4.67. The van der Waals surface area contributed by atoms with Gasteiger partial charge in [0.25, 0.3) is 5.91 Å². The van der Waals surface area contributed by atoms with E-state index in [-0.39, 0.29) is 18.3 Å². The summed E-state index contributed by atoms with van der Waals surface area (Å²) in [7, 11) is 0. The molecule has 0 unspecified atom stereocenters. The molecular formula is C26H28N2O5. The average molecular weight is 449 g/mol. The molecule has 33 heavy (non-hydrogen) atoms. The summed E-state index contributed by atoms with van der Waals surface area (Å²) in [6.07, 6.45) is 0. The standard InChI is InChI=1S/C26H28N2O5/c1-26(2)20-15-17(32-16-22(29)27-9-10-28-11-13-31-14-12-28)7-8-18(20)24(30)23-19-5-3-4-6-21(19)33-25(23)26/h3-8,15H,9-14,16H2,1-2H3,(H,27,29). The summed E-state index contributed by atoms with van der Waals surface area (Å²) in [6, 6.07) is 13.0. The fourth-order valence-corrected chi connectivity index (χ4v) is 4.67. The van der Waals surface area contributed by atoms with Crippen LogP contribution in [0.5, 0.6) is 5.75 Å². The van der Waals surface area contributed by atoms with E-state index >= 15 is 0 Å². The SMILES string of the molecule is CC1(C)c2cc(OCC(=O)NCCN3CCOCC3)ccc2C(=O)c2c1oc1ccccc21. The van der Waals surface area contributed by atoms with E-state index in [0.29, 0.717) is 34.8 Å². The van der Waals surface area contributed by atoms with E-state index in [4.69, 9.17) is 13.9 Å². The Balaban J connectivity index is 1.28. The number of hydrogen-bond donors (Lipinski definition) is 1. The molecule has 5 rings (SSSR count). The Morgan fingerprint density at radius 2 is 1.94 bits per heavy atom. The first kappa shape index (κ1) is 21.7. The molecule has 1 fully saturated rings. The molecule has 0 radical (unpaired) electrons. The second-order valence-electron chi connectivity index (χ2n) is 9.06. The summed E-state index contributed by atoms with van der Waals surface area (Å²) >= 11 is 0. The molecular weight excluding hydrogens is 420 g/mol. The smallest absolute Gasteiger partial charge is 0.257 e. The van der Waals surface area contributed by atoms with E-state index in [1.807, 2.05) is 44.2 Å². The van der Waals surface area contributed by atoms with Gasteiger partial charge in [-0.05, 0) is 43.7 Å². The zero-order valence-corrected chi connectivity index (χ0v) is 19.0. The van der Waals surface area contributed by atoms with E-state index in [0.717, 1.165) is 43.8 Å². The van der Waals surface area contributed by atoms with Gasteiger partial charge in [-0.25, -0.2) is 0 Å². The van der Waals surface area contributed by atoms with Crippen molar-refractivity contribution in [2.75, 3.05) is 46.0 Å². The molecule has 1 aliphatic heterocycles. The first-order chi connectivity index (χ1) is 15.9. The number of fused-ring (bicyclic) bond motifs is 4. The number of para-hydroxylation sites is 1. The number of rotatable bonds is 6. The van der Waals surface area contributed by atoms with Gasteiger partial charge in [-0.1, -0.05) is 18.2 Å². The lowest BCUT2D eigenvalue weighted by Gasteiger charge is -2.30. The number of amides is 1. The van der Waals surface area contributed by atoms with Crippen LogP contribution >= 0.6 is 0 Å². The van der Waals surface area contributed by atoms with E-state index in [1.165, 1.54) is 0 Å². The topological polar surface area (TPSA) is 81.0 Å². The molecule has 0 spiro atoms. The highest BCUT2D eigenvalue weighted by atomic mass is 16.5. The lowest BCUT2D eigenvalue weighted by atomic mass is 9.72. The molecule has 7 nitrogen and oxygen atoms in total. The van der Waals surface area contributed by atoms with E-state index in [1.54, 1.807) is 12.1 Å². The van der Waals surface area contributed by atoms with E-state index in [2.05, 4.69) is 10.2 Å². The van der Waals surface area contributed by atoms with Crippen molar-refractivity contribution in [3.8, 4) is 5.75 Å². The molecule has 1 aliphatic carbocycles. The summed E-state index contributed by atoms with van der Waals surface area (Å²) < 4.78 is 17.2. The van der Waals surface area contributed by atoms with Gasteiger partial charge in [-0.3, -0.25) is 14.5 Å². The van der Waals surface area contributed by atoms with Crippen LogP contribution in [0.25, 0.3) is 11.0 Å². The van der Waals surface area contributed by atoms with Crippen LogP contribution in [-0.4, -0.2) is 62.6 Å². The number of morpholine rings is 1. The molecule has 1 aromatic heterocycles. The molecule has 2 aromatic carbocycles. The Kier molecular flexibility index (Phi) is 5.68. The highest BCUT2D eigenvalue weighted by molar-refractivity contribution is 6.19. The zero-order chi connectivity index (χ0) is 23.0.